The lowest BCUT2D eigenvalue weighted by Gasteiger charge is -2.28. The first-order valence-corrected chi connectivity index (χ1v) is 9.59. The van der Waals surface area contributed by atoms with Crippen LogP contribution in [-0.2, 0) is 0 Å². The average molecular weight is 456 g/mol. The van der Waals surface area contributed by atoms with Crippen LogP contribution in [0.3, 0.4) is 0 Å². The first-order valence-electron chi connectivity index (χ1n) is 9.22. The molecule has 8 nitrogen and oxygen atoms in total. The molecule has 160 valence electrons. The Hall–Kier alpha value is -4.10. The first-order chi connectivity index (χ1) is 15.3. The summed E-state index contributed by atoms with van der Waals surface area (Å²) in [6, 6.07) is 7.99. The number of nitro benzene ring substituents is 1. The maximum absolute atomic E-state index is 15.0. The third-order valence-electron chi connectivity index (χ3n) is 4.92. The number of pyridine rings is 1. The minimum atomic E-state index is -1.31. The first kappa shape index (κ1) is 21.1. The lowest BCUT2D eigenvalue weighted by molar-refractivity contribution is -0.385. The lowest BCUT2D eigenvalue weighted by Crippen LogP contribution is -2.41. The number of urea groups is 1. The molecular formula is C21H12ClF2N5O3. The maximum atomic E-state index is 15.0. The number of rotatable bonds is 3. The molecule has 0 N–H and O–H groups in total. The van der Waals surface area contributed by atoms with Crippen LogP contribution in [0, 0.1) is 33.1 Å². The molecule has 4 rings (SSSR count). The molecule has 0 saturated heterocycles. The third kappa shape index (κ3) is 3.29. The van der Waals surface area contributed by atoms with E-state index in [0.29, 0.717) is 23.3 Å². The summed E-state index contributed by atoms with van der Waals surface area (Å²) >= 11 is 6.12. The highest BCUT2D eigenvalue weighted by molar-refractivity contribution is 6.31. The predicted octanol–water partition coefficient (Wildman–Crippen LogP) is 5.56. The molecule has 0 saturated carbocycles. The van der Waals surface area contributed by atoms with Gasteiger partial charge >= 0.3 is 6.03 Å². The summed E-state index contributed by atoms with van der Waals surface area (Å²) in [4.78, 5) is 29.8. The number of benzene rings is 2. The molecule has 2 heterocycles. The van der Waals surface area contributed by atoms with Gasteiger partial charge in [-0.3, -0.25) is 19.9 Å². The second-order valence-electron chi connectivity index (χ2n) is 6.75. The van der Waals surface area contributed by atoms with Crippen LogP contribution in [0.4, 0.5) is 36.5 Å². The monoisotopic (exact) mass is 455 g/mol. The number of carbonyl (C=O) groups excluding carboxylic acids is 1. The second kappa shape index (κ2) is 7.86. The van der Waals surface area contributed by atoms with E-state index in [4.69, 9.17) is 11.6 Å². The van der Waals surface area contributed by atoms with E-state index in [9.17, 15) is 20.2 Å². The molecule has 1 aromatic heterocycles. The molecule has 0 atom stereocenters. The summed E-state index contributed by atoms with van der Waals surface area (Å²) in [6.45, 7) is 1.74. The normalized spacial score (nSPS) is 12.7. The summed E-state index contributed by atoms with van der Waals surface area (Å²) in [5.41, 5.74) is -0.726. The van der Waals surface area contributed by atoms with E-state index >= 15 is 8.78 Å². The minimum Gasteiger partial charge on any atom is -0.278 e. The highest BCUT2D eigenvalue weighted by Gasteiger charge is 2.37. The maximum Gasteiger partial charge on any atom is 0.334 e. The summed E-state index contributed by atoms with van der Waals surface area (Å²) in [7, 11) is 0. The molecule has 2 aromatic carbocycles. The third-order valence-corrected chi connectivity index (χ3v) is 5.13. The Morgan fingerprint density at radius 3 is 2.47 bits per heavy atom. The number of nitro groups is 1. The van der Waals surface area contributed by atoms with Crippen molar-refractivity contribution in [2.24, 2.45) is 0 Å². The molecule has 32 heavy (non-hydrogen) atoms. The molecule has 0 radical (unpaired) electrons. The van der Waals surface area contributed by atoms with Crippen molar-refractivity contribution in [3.05, 3.63) is 74.9 Å². The van der Waals surface area contributed by atoms with Crippen LogP contribution in [-0.4, -0.2) is 22.5 Å². The van der Waals surface area contributed by atoms with Crippen LogP contribution >= 0.6 is 11.6 Å². The topological polar surface area (TPSA) is 103 Å². The molecule has 0 unspecified atom stereocenters. The smallest absolute Gasteiger partial charge is 0.278 e. The van der Waals surface area contributed by atoms with Crippen LogP contribution in [0.25, 0.3) is 11.1 Å². The van der Waals surface area contributed by atoms with E-state index in [0.717, 1.165) is 4.90 Å². The number of fused-ring (bicyclic) bond motifs is 3. The van der Waals surface area contributed by atoms with Crippen molar-refractivity contribution in [2.75, 3.05) is 16.3 Å². The largest absolute Gasteiger partial charge is 0.334 e. The number of anilines is 3. The number of hydrogen-bond acceptors (Lipinski definition) is 5. The second-order valence-corrected chi connectivity index (χ2v) is 7.18. The standard InChI is InChI=1S/C21H12ClF2N5O3/c1-2-27-20-15(6-12(22)10-26-20)14-4-3-11(9-25)5-18(14)28(21(27)30)19-16(23)7-13(29(31)32)8-17(19)24/h3-8,10H,2H2,1H3. The Morgan fingerprint density at radius 2 is 1.88 bits per heavy atom. The van der Waals surface area contributed by atoms with Crippen molar-refractivity contribution in [1.82, 2.24) is 4.98 Å². The summed E-state index contributed by atoms with van der Waals surface area (Å²) in [5.74, 6) is -2.42. The zero-order valence-corrected chi connectivity index (χ0v) is 17.1. The Bertz CT molecular complexity index is 1320. The van der Waals surface area contributed by atoms with E-state index < -0.39 is 34.0 Å². The molecule has 3 aromatic rings. The Labute approximate surface area is 185 Å². The Morgan fingerprint density at radius 1 is 1.19 bits per heavy atom. The van der Waals surface area contributed by atoms with E-state index in [2.05, 4.69) is 4.98 Å². The fourth-order valence-electron chi connectivity index (χ4n) is 3.55. The molecule has 0 spiro atoms. The zero-order chi connectivity index (χ0) is 23.2. The summed E-state index contributed by atoms with van der Waals surface area (Å²) in [5, 5.41) is 20.6. The number of hydrogen-bond donors (Lipinski definition) is 0. The number of nitriles is 1. The molecule has 1 aliphatic heterocycles. The number of aromatic nitrogens is 1. The molecule has 2 amide bonds. The fourth-order valence-corrected chi connectivity index (χ4v) is 3.70. The van der Waals surface area contributed by atoms with Gasteiger partial charge in [0.05, 0.1) is 39.4 Å². The van der Waals surface area contributed by atoms with Gasteiger partial charge in [-0.1, -0.05) is 17.7 Å². The van der Waals surface area contributed by atoms with E-state index in [1.54, 1.807) is 13.0 Å². The van der Waals surface area contributed by atoms with Crippen molar-refractivity contribution >= 4 is 40.5 Å². The van der Waals surface area contributed by atoms with Gasteiger partial charge in [0.2, 0.25) is 0 Å². The van der Waals surface area contributed by atoms with Crippen molar-refractivity contribution in [1.29, 1.82) is 5.26 Å². The molecule has 0 fully saturated rings. The molecule has 0 aliphatic carbocycles. The molecule has 11 heteroatoms. The van der Waals surface area contributed by atoms with Crippen molar-refractivity contribution in [2.45, 2.75) is 6.92 Å². The van der Waals surface area contributed by atoms with Crippen molar-refractivity contribution in [3.63, 3.8) is 0 Å². The zero-order valence-electron chi connectivity index (χ0n) is 16.3. The van der Waals surface area contributed by atoms with Gasteiger partial charge in [-0.2, -0.15) is 5.26 Å². The molecule has 1 aliphatic rings. The number of halogens is 3. The Balaban J connectivity index is 2.09. The van der Waals surface area contributed by atoms with Gasteiger partial charge in [0.15, 0.2) is 11.6 Å². The SMILES string of the molecule is CCN1C(=O)N(c2c(F)cc([N+](=O)[O-])cc2F)c2cc(C#N)ccc2-c2cc(Cl)cnc21. The van der Waals surface area contributed by atoms with Gasteiger partial charge in [0.25, 0.3) is 5.69 Å². The highest BCUT2D eigenvalue weighted by atomic mass is 35.5. The summed E-state index contributed by atoms with van der Waals surface area (Å²) in [6.07, 6.45) is 1.34. The van der Waals surface area contributed by atoms with Gasteiger partial charge < -0.3 is 0 Å². The van der Waals surface area contributed by atoms with Crippen LogP contribution in [0.1, 0.15) is 12.5 Å². The van der Waals surface area contributed by atoms with Gasteiger partial charge in [-0.25, -0.2) is 18.6 Å². The van der Waals surface area contributed by atoms with Gasteiger partial charge in [0, 0.05) is 23.9 Å². The molecule has 0 bridgehead atoms. The van der Waals surface area contributed by atoms with E-state index in [-0.39, 0.29) is 28.6 Å². The number of carbonyl (C=O) groups is 1. The van der Waals surface area contributed by atoms with Crippen molar-refractivity contribution in [3.8, 4) is 17.2 Å². The Kier molecular flexibility index (Phi) is 5.20. The average Bonchev–Trinajstić information content (AvgIpc) is 2.85. The quantitative estimate of drug-likeness (QED) is 0.380. The lowest BCUT2D eigenvalue weighted by atomic mass is 10.0. The van der Waals surface area contributed by atoms with Gasteiger partial charge in [0.1, 0.15) is 11.5 Å². The van der Waals surface area contributed by atoms with Gasteiger partial charge in [-0.05, 0) is 25.1 Å². The predicted molar refractivity (Wildman–Crippen MR) is 113 cm³/mol. The van der Waals surface area contributed by atoms with E-state index in [1.807, 2.05) is 6.07 Å². The van der Waals surface area contributed by atoms with Crippen LogP contribution < -0.4 is 9.80 Å². The minimum absolute atomic E-state index is 0.00182. The summed E-state index contributed by atoms with van der Waals surface area (Å²) < 4.78 is 30.0. The number of non-ortho nitro benzene ring substituents is 1. The number of amides is 2. The van der Waals surface area contributed by atoms with Crippen LogP contribution in [0.2, 0.25) is 5.02 Å². The van der Waals surface area contributed by atoms with Crippen LogP contribution in [0.5, 0.6) is 0 Å². The number of nitrogens with zero attached hydrogens (tertiary/aromatic N) is 5. The fraction of sp³-hybridized carbons (Fsp3) is 0.0952. The highest BCUT2D eigenvalue weighted by Crippen LogP contribution is 2.45. The van der Waals surface area contributed by atoms with Gasteiger partial charge in [-0.15, -0.1) is 0 Å². The van der Waals surface area contributed by atoms with Crippen molar-refractivity contribution < 1.29 is 18.5 Å². The van der Waals surface area contributed by atoms with Crippen LogP contribution in [0.15, 0.2) is 42.6 Å². The molecular weight excluding hydrogens is 444 g/mol. The van der Waals surface area contributed by atoms with E-state index in [1.165, 1.54) is 29.3 Å².